The summed E-state index contributed by atoms with van der Waals surface area (Å²) < 4.78 is 20.4. The molecule has 168 valence electrons. The van der Waals surface area contributed by atoms with Gasteiger partial charge in [0.2, 0.25) is 5.91 Å². The van der Waals surface area contributed by atoms with Gasteiger partial charge in [-0.05, 0) is 49.4 Å². The number of halogens is 2. The Bertz CT molecular complexity index is 1410. The molecular formula is C24H19ClFN3O3S. The molecule has 1 amide bonds. The fourth-order valence-electron chi connectivity index (χ4n) is 3.24. The standard InChI is InChI=1S/C24H19ClFN3O3S/c1-14(22(30)27-20-9-5-6-10-21(20)32-2)33-24-28-19-8-4-3-7-16(19)23(31)29(24)15-11-12-18(26)17(25)13-15/h3-14H,1-2H3,(H,27,30)/t14-/m1/s1. The molecule has 0 bridgehead atoms. The smallest absolute Gasteiger partial charge is 0.266 e. The second-order valence-electron chi connectivity index (χ2n) is 7.10. The number of thioether (sulfide) groups is 1. The Morgan fingerprint density at radius 3 is 2.64 bits per heavy atom. The maximum absolute atomic E-state index is 13.8. The Labute approximate surface area is 198 Å². The van der Waals surface area contributed by atoms with E-state index >= 15 is 0 Å². The third-order valence-corrected chi connectivity index (χ3v) is 6.26. The second-order valence-corrected chi connectivity index (χ2v) is 8.82. The lowest BCUT2D eigenvalue weighted by Crippen LogP contribution is -2.26. The van der Waals surface area contributed by atoms with Gasteiger partial charge in [-0.15, -0.1) is 0 Å². The predicted octanol–water partition coefficient (Wildman–Crippen LogP) is 5.31. The summed E-state index contributed by atoms with van der Waals surface area (Å²) >= 11 is 7.08. The Balaban J connectivity index is 1.74. The van der Waals surface area contributed by atoms with Crippen molar-refractivity contribution in [1.29, 1.82) is 0 Å². The van der Waals surface area contributed by atoms with E-state index in [4.69, 9.17) is 16.3 Å². The molecular weight excluding hydrogens is 465 g/mol. The van der Waals surface area contributed by atoms with Gasteiger partial charge in [-0.2, -0.15) is 0 Å². The summed E-state index contributed by atoms with van der Waals surface area (Å²) in [6.07, 6.45) is 0. The number of nitrogens with zero attached hydrogens (tertiary/aromatic N) is 2. The molecule has 0 saturated carbocycles. The van der Waals surface area contributed by atoms with E-state index < -0.39 is 11.1 Å². The van der Waals surface area contributed by atoms with Gasteiger partial charge < -0.3 is 10.1 Å². The van der Waals surface area contributed by atoms with E-state index in [1.807, 2.05) is 0 Å². The van der Waals surface area contributed by atoms with Crippen molar-refractivity contribution in [2.75, 3.05) is 12.4 Å². The van der Waals surface area contributed by atoms with Crippen LogP contribution in [0.15, 0.2) is 76.7 Å². The van der Waals surface area contributed by atoms with Crippen LogP contribution in [-0.2, 0) is 4.79 Å². The average Bonchev–Trinajstić information content (AvgIpc) is 2.81. The number of benzene rings is 3. The van der Waals surface area contributed by atoms with Gasteiger partial charge in [0.15, 0.2) is 5.16 Å². The number of carbonyl (C=O) groups is 1. The first-order chi connectivity index (χ1) is 15.9. The topological polar surface area (TPSA) is 73.2 Å². The largest absolute Gasteiger partial charge is 0.495 e. The van der Waals surface area contributed by atoms with E-state index in [0.29, 0.717) is 28.0 Å². The third-order valence-electron chi connectivity index (χ3n) is 4.92. The zero-order valence-corrected chi connectivity index (χ0v) is 19.3. The van der Waals surface area contributed by atoms with Crippen LogP contribution in [0.1, 0.15) is 6.92 Å². The molecule has 0 unspecified atom stereocenters. The number of amides is 1. The second kappa shape index (κ2) is 9.64. The molecule has 0 aliphatic heterocycles. The number of aromatic nitrogens is 2. The SMILES string of the molecule is COc1ccccc1NC(=O)[C@@H](C)Sc1nc2ccccc2c(=O)n1-c1ccc(F)c(Cl)c1. The number of carbonyl (C=O) groups excluding carboxylic acids is 1. The van der Waals surface area contributed by atoms with Crippen molar-refractivity contribution in [1.82, 2.24) is 9.55 Å². The van der Waals surface area contributed by atoms with Crippen molar-refractivity contribution < 1.29 is 13.9 Å². The van der Waals surface area contributed by atoms with Crippen molar-refractivity contribution in [2.24, 2.45) is 0 Å². The van der Waals surface area contributed by atoms with Crippen LogP contribution in [0.2, 0.25) is 5.02 Å². The highest BCUT2D eigenvalue weighted by Gasteiger charge is 2.21. The van der Waals surface area contributed by atoms with Crippen molar-refractivity contribution >= 4 is 45.9 Å². The first-order valence-electron chi connectivity index (χ1n) is 9.97. The Morgan fingerprint density at radius 1 is 1.15 bits per heavy atom. The third kappa shape index (κ3) is 4.72. The Morgan fingerprint density at radius 2 is 1.88 bits per heavy atom. The van der Waals surface area contributed by atoms with Crippen LogP contribution in [0.5, 0.6) is 5.75 Å². The van der Waals surface area contributed by atoms with Gasteiger partial charge in [-0.25, -0.2) is 9.37 Å². The van der Waals surface area contributed by atoms with Gasteiger partial charge in [0.1, 0.15) is 11.6 Å². The number of nitrogens with one attached hydrogen (secondary N) is 1. The minimum Gasteiger partial charge on any atom is -0.495 e. The fraction of sp³-hybridized carbons (Fsp3) is 0.125. The molecule has 0 aliphatic carbocycles. The maximum Gasteiger partial charge on any atom is 0.266 e. The average molecular weight is 484 g/mol. The molecule has 6 nitrogen and oxygen atoms in total. The van der Waals surface area contributed by atoms with E-state index in [9.17, 15) is 14.0 Å². The zero-order chi connectivity index (χ0) is 23.5. The molecule has 3 aromatic carbocycles. The highest BCUT2D eigenvalue weighted by Crippen LogP contribution is 2.29. The van der Waals surface area contributed by atoms with E-state index in [0.717, 1.165) is 11.8 Å². The molecule has 0 aliphatic rings. The molecule has 0 spiro atoms. The number of ether oxygens (including phenoxy) is 1. The van der Waals surface area contributed by atoms with E-state index in [1.165, 1.54) is 29.9 Å². The van der Waals surface area contributed by atoms with Gasteiger partial charge in [0, 0.05) is 0 Å². The number of fused-ring (bicyclic) bond motifs is 1. The summed E-state index contributed by atoms with van der Waals surface area (Å²) in [5.41, 5.74) is 1.03. The molecule has 0 saturated heterocycles. The van der Waals surface area contributed by atoms with Crippen molar-refractivity contribution in [2.45, 2.75) is 17.3 Å². The van der Waals surface area contributed by atoms with Gasteiger partial charge >= 0.3 is 0 Å². The molecule has 1 atom stereocenters. The zero-order valence-electron chi connectivity index (χ0n) is 17.7. The molecule has 0 radical (unpaired) electrons. The molecule has 1 heterocycles. The van der Waals surface area contributed by atoms with E-state index in [-0.39, 0.29) is 21.6 Å². The minimum absolute atomic E-state index is 0.120. The molecule has 4 rings (SSSR count). The van der Waals surface area contributed by atoms with Crippen molar-refractivity contribution in [3.63, 3.8) is 0 Å². The number of rotatable bonds is 6. The van der Waals surface area contributed by atoms with Gasteiger partial charge in [0.25, 0.3) is 5.56 Å². The van der Waals surface area contributed by atoms with Crippen LogP contribution in [-0.4, -0.2) is 27.8 Å². The number of hydrogen-bond donors (Lipinski definition) is 1. The predicted molar refractivity (Wildman–Crippen MR) is 129 cm³/mol. The number of methoxy groups -OCH3 is 1. The number of hydrogen-bond acceptors (Lipinski definition) is 5. The summed E-state index contributed by atoms with van der Waals surface area (Å²) in [5, 5.41) is 2.78. The Hall–Kier alpha value is -3.36. The summed E-state index contributed by atoms with van der Waals surface area (Å²) in [6.45, 7) is 1.71. The van der Waals surface area contributed by atoms with Crippen LogP contribution in [0.4, 0.5) is 10.1 Å². The molecule has 0 fully saturated rings. The highest BCUT2D eigenvalue weighted by atomic mass is 35.5. The number of para-hydroxylation sites is 3. The molecule has 1 aromatic heterocycles. The van der Waals surface area contributed by atoms with Crippen LogP contribution in [0.3, 0.4) is 0 Å². The lowest BCUT2D eigenvalue weighted by Gasteiger charge is -2.17. The number of anilines is 1. The summed E-state index contributed by atoms with van der Waals surface area (Å²) in [4.78, 5) is 30.8. The van der Waals surface area contributed by atoms with E-state index in [2.05, 4.69) is 10.3 Å². The fourth-order valence-corrected chi connectivity index (χ4v) is 4.34. The summed E-state index contributed by atoms with van der Waals surface area (Å²) in [5.74, 6) is -0.360. The van der Waals surface area contributed by atoms with Crippen molar-refractivity contribution in [3.05, 3.63) is 87.9 Å². The molecule has 33 heavy (non-hydrogen) atoms. The normalized spacial score (nSPS) is 11.9. The van der Waals surface area contributed by atoms with Crippen LogP contribution in [0.25, 0.3) is 16.6 Å². The van der Waals surface area contributed by atoms with E-state index in [1.54, 1.807) is 55.5 Å². The lowest BCUT2D eigenvalue weighted by molar-refractivity contribution is -0.115. The maximum atomic E-state index is 13.8. The summed E-state index contributed by atoms with van der Waals surface area (Å²) in [7, 11) is 1.52. The van der Waals surface area contributed by atoms with Crippen LogP contribution >= 0.6 is 23.4 Å². The molecule has 4 aromatic rings. The van der Waals surface area contributed by atoms with Crippen LogP contribution < -0.4 is 15.6 Å². The first kappa shape index (κ1) is 22.8. The molecule has 1 N–H and O–H groups in total. The highest BCUT2D eigenvalue weighted by molar-refractivity contribution is 8.00. The lowest BCUT2D eigenvalue weighted by atomic mass is 10.2. The van der Waals surface area contributed by atoms with Gasteiger partial charge in [0.05, 0.1) is 39.7 Å². The van der Waals surface area contributed by atoms with Gasteiger partial charge in [-0.1, -0.05) is 47.6 Å². The first-order valence-corrected chi connectivity index (χ1v) is 11.2. The molecule has 9 heteroatoms. The van der Waals surface area contributed by atoms with Crippen molar-refractivity contribution in [3.8, 4) is 11.4 Å². The monoisotopic (exact) mass is 483 g/mol. The quantitative estimate of drug-likeness (QED) is 0.297. The Kier molecular flexibility index (Phi) is 6.67. The van der Waals surface area contributed by atoms with Crippen LogP contribution in [0, 0.1) is 5.82 Å². The summed E-state index contributed by atoms with van der Waals surface area (Å²) in [6, 6.07) is 18.0. The minimum atomic E-state index is -0.620. The van der Waals surface area contributed by atoms with Gasteiger partial charge in [-0.3, -0.25) is 14.2 Å².